The van der Waals surface area contributed by atoms with Crippen LogP contribution in [-0.2, 0) is 10.2 Å². The number of ether oxygens (including phenoxy) is 1. The van der Waals surface area contributed by atoms with Gasteiger partial charge in [-0.05, 0) is 33.8 Å². The lowest BCUT2D eigenvalue weighted by molar-refractivity contribution is 0.0516. The summed E-state index contributed by atoms with van der Waals surface area (Å²) in [5.41, 5.74) is 6.51. The second-order valence-electron chi connectivity index (χ2n) is 6.64. The van der Waals surface area contributed by atoms with E-state index in [4.69, 9.17) is 10.5 Å². The molecule has 0 spiro atoms. The van der Waals surface area contributed by atoms with Crippen molar-refractivity contribution in [3.8, 4) is 5.75 Å². The molecule has 1 rings (SSSR count). The molecule has 0 radical (unpaired) electrons. The van der Waals surface area contributed by atoms with E-state index in [1.165, 1.54) is 0 Å². The number of aromatic hydroxyl groups is 1. The standard InChI is InChI=1S/C16H26N2O3/c1-11-6-7-13(19)12(8-11)16(5,9-17)10-18-14(20)21-15(2,3)4/h6-8,19H,9-10,17H2,1-5H3,(H,18,20). The highest BCUT2D eigenvalue weighted by Gasteiger charge is 2.29. The SMILES string of the molecule is Cc1ccc(O)c(C(C)(CN)CNC(=O)OC(C)(C)C)c1. The third kappa shape index (κ3) is 4.93. The summed E-state index contributed by atoms with van der Waals surface area (Å²) in [4.78, 5) is 11.8. The fourth-order valence-electron chi connectivity index (χ4n) is 1.99. The number of benzene rings is 1. The van der Waals surface area contributed by atoms with E-state index >= 15 is 0 Å². The molecular formula is C16H26N2O3. The second-order valence-corrected chi connectivity index (χ2v) is 6.64. The maximum absolute atomic E-state index is 11.8. The van der Waals surface area contributed by atoms with Gasteiger partial charge < -0.3 is 20.9 Å². The van der Waals surface area contributed by atoms with Gasteiger partial charge in [0.05, 0.1) is 0 Å². The molecule has 1 unspecified atom stereocenters. The summed E-state index contributed by atoms with van der Waals surface area (Å²) in [6.45, 7) is 9.85. The molecule has 0 aliphatic heterocycles. The average molecular weight is 294 g/mol. The van der Waals surface area contributed by atoms with Gasteiger partial charge in [-0.2, -0.15) is 0 Å². The molecule has 0 aliphatic rings. The van der Waals surface area contributed by atoms with Gasteiger partial charge in [0, 0.05) is 24.1 Å². The first-order valence-corrected chi connectivity index (χ1v) is 7.04. The molecular weight excluding hydrogens is 268 g/mol. The molecule has 1 aromatic rings. The normalized spacial score (nSPS) is 14.4. The molecule has 1 atom stereocenters. The highest BCUT2D eigenvalue weighted by molar-refractivity contribution is 5.68. The number of rotatable bonds is 4. The molecule has 1 aromatic carbocycles. The lowest BCUT2D eigenvalue weighted by Crippen LogP contribution is -2.45. The molecule has 5 nitrogen and oxygen atoms in total. The Balaban J connectivity index is 2.86. The minimum atomic E-state index is -0.562. The molecule has 0 aliphatic carbocycles. The van der Waals surface area contributed by atoms with Crippen molar-refractivity contribution >= 4 is 6.09 Å². The summed E-state index contributed by atoms with van der Waals surface area (Å²) in [5, 5.41) is 12.8. The van der Waals surface area contributed by atoms with Crippen LogP contribution < -0.4 is 11.1 Å². The van der Waals surface area contributed by atoms with Crippen LogP contribution in [-0.4, -0.2) is 29.9 Å². The number of nitrogens with one attached hydrogen (secondary N) is 1. The largest absolute Gasteiger partial charge is 0.508 e. The van der Waals surface area contributed by atoms with Gasteiger partial charge in [0.15, 0.2) is 0 Å². The van der Waals surface area contributed by atoms with Crippen LogP contribution in [0.25, 0.3) is 0 Å². The number of hydrogen-bond donors (Lipinski definition) is 3. The van der Waals surface area contributed by atoms with Gasteiger partial charge in [0.25, 0.3) is 0 Å². The Kier molecular flexibility index (Phi) is 5.23. The van der Waals surface area contributed by atoms with Crippen LogP contribution in [0.2, 0.25) is 0 Å². The van der Waals surface area contributed by atoms with Crippen LogP contribution in [0.4, 0.5) is 4.79 Å². The van der Waals surface area contributed by atoms with Crippen molar-refractivity contribution in [2.24, 2.45) is 5.73 Å². The molecule has 0 saturated carbocycles. The highest BCUT2D eigenvalue weighted by atomic mass is 16.6. The van der Waals surface area contributed by atoms with Gasteiger partial charge in [0.2, 0.25) is 0 Å². The van der Waals surface area contributed by atoms with Crippen LogP contribution in [0, 0.1) is 6.92 Å². The third-order valence-electron chi connectivity index (χ3n) is 3.27. The monoisotopic (exact) mass is 294 g/mol. The van der Waals surface area contributed by atoms with E-state index < -0.39 is 17.1 Å². The lowest BCUT2D eigenvalue weighted by atomic mass is 9.81. The lowest BCUT2D eigenvalue weighted by Gasteiger charge is -2.30. The fraction of sp³-hybridized carbons (Fsp3) is 0.562. The summed E-state index contributed by atoms with van der Waals surface area (Å²) in [7, 11) is 0. The Bertz CT molecular complexity index is 509. The van der Waals surface area contributed by atoms with E-state index in [0.717, 1.165) is 11.1 Å². The number of amides is 1. The summed E-state index contributed by atoms with van der Waals surface area (Å²) in [6, 6.07) is 5.36. The van der Waals surface area contributed by atoms with Crippen LogP contribution in [0.1, 0.15) is 38.8 Å². The van der Waals surface area contributed by atoms with E-state index in [0.29, 0.717) is 6.54 Å². The zero-order valence-corrected chi connectivity index (χ0v) is 13.5. The van der Waals surface area contributed by atoms with E-state index in [1.54, 1.807) is 26.8 Å². The molecule has 1 amide bonds. The second kappa shape index (κ2) is 6.35. The van der Waals surface area contributed by atoms with Crippen molar-refractivity contribution in [3.05, 3.63) is 29.3 Å². The van der Waals surface area contributed by atoms with E-state index in [1.807, 2.05) is 26.0 Å². The molecule has 0 fully saturated rings. The number of nitrogens with two attached hydrogens (primary N) is 1. The van der Waals surface area contributed by atoms with E-state index in [9.17, 15) is 9.90 Å². The first kappa shape index (κ1) is 17.3. The summed E-state index contributed by atoms with van der Waals surface area (Å²) < 4.78 is 5.21. The van der Waals surface area contributed by atoms with Gasteiger partial charge in [-0.25, -0.2) is 4.79 Å². The Morgan fingerprint density at radius 3 is 2.48 bits per heavy atom. The van der Waals surface area contributed by atoms with E-state index in [2.05, 4.69) is 5.32 Å². The number of carbonyl (C=O) groups is 1. The number of hydrogen-bond acceptors (Lipinski definition) is 4. The molecule has 4 N–H and O–H groups in total. The average Bonchev–Trinajstić information content (AvgIpc) is 2.37. The minimum absolute atomic E-state index is 0.180. The van der Waals surface area contributed by atoms with Crippen molar-refractivity contribution in [3.63, 3.8) is 0 Å². The van der Waals surface area contributed by atoms with Crippen molar-refractivity contribution < 1.29 is 14.6 Å². The van der Waals surface area contributed by atoms with Gasteiger partial charge >= 0.3 is 6.09 Å². The van der Waals surface area contributed by atoms with Crippen molar-refractivity contribution in [1.82, 2.24) is 5.32 Å². The number of alkyl carbamates (subject to hydrolysis) is 1. The van der Waals surface area contributed by atoms with Gasteiger partial charge in [0.1, 0.15) is 11.4 Å². The topological polar surface area (TPSA) is 84.6 Å². The number of phenolic OH excluding ortho intramolecular Hbond substituents is 1. The molecule has 0 heterocycles. The molecule has 0 bridgehead atoms. The van der Waals surface area contributed by atoms with Crippen LogP contribution in [0.15, 0.2) is 18.2 Å². The Morgan fingerprint density at radius 1 is 1.33 bits per heavy atom. The zero-order valence-electron chi connectivity index (χ0n) is 13.5. The van der Waals surface area contributed by atoms with Crippen LogP contribution in [0.5, 0.6) is 5.75 Å². The fourth-order valence-corrected chi connectivity index (χ4v) is 1.99. The maximum atomic E-state index is 11.8. The first-order valence-electron chi connectivity index (χ1n) is 7.04. The molecule has 21 heavy (non-hydrogen) atoms. The first-order chi connectivity index (χ1) is 9.57. The predicted molar refractivity (Wildman–Crippen MR) is 83.5 cm³/mol. The van der Waals surface area contributed by atoms with Crippen LogP contribution >= 0.6 is 0 Å². The van der Waals surface area contributed by atoms with E-state index in [-0.39, 0.29) is 12.3 Å². The van der Waals surface area contributed by atoms with Crippen LogP contribution in [0.3, 0.4) is 0 Å². The number of carbonyl (C=O) groups excluding carboxylic acids is 1. The zero-order chi connectivity index (χ0) is 16.3. The summed E-state index contributed by atoms with van der Waals surface area (Å²) >= 11 is 0. The minimum Gasteiger partial charge on any atom is -0.508 e. The molecule has 118 valence electrons. The quantitative estimate of drug-likeness (QED) is 0.796. The van der Waals surface area contributed by atoms with Crippen molar-refractivity contribution in [2.45, 2.75) is 45.6 Å². The highest BCUT2D eigenvalue weighted by Crippen LogP contribution is 2.31. The van der Waals surface area contributed by atoms with Gasteiger partial charge in [-0.3, -0.25) is 0 Å². The summed E-state index contributed by atoms with van der Waals surface area (Å²) in [6.07, 6.45) is -0.491. The van der Waals surface area contributed by atoms with Gasteiger partial charge in [-0.1, -0.05) is 24.6 Å². The number of aryl methyl sites for hydroxylation is 1. The third-order valence-corrected chi connectivity index (χ3v) is 3.27. The van der Waals surface area contributed by atoms with Crippen molar-refractivity contribution in [2.75, 3.05) is 13.1 Å². The van der Waals surface area contributed by atoms with Gasteiger partial charge in [-0.15, -0.1) is 0 Å². The predicted octanol–water partition coefficient (Wildman–Crippen LogP) is 2.44. The molecule has 0 saturated heterocycles. The Labute approximate surface area is 126 Å². The Morgan fingerprint density at radius 2 is 1.95 bits per heavy atom. The molecule has 5 heteroatoms. The summed E-state index contributed by atoms with van der Waals surface area (Å²) in [5.74, 6) is 0.180. The maximum Gasteiger partial charge on any atom is 0.407 e. The smallest absolute Gasteiger partial charge is 0.407 e. The van der Waals surface area contributed by atoms with Crippen molar-refractivity contribution in [1.29, 1.82) is 0 Å². The Hall–Kier alpha value is -1.75. The number of phenols is 1. The molecule has 0 aromatic heterocycles.